The van der Waals surface area contributed by atoms with E-state index in [9.17, 15) is 14.4 Å². The molecule has 10 nitrogen and oxygen atoms in total. The summed E-state index contributed by atoms with van der Waals surface area (Å²) in [6, 6.07) is 10.2. The van der Waals surface area contributed by atoms with E-state index in [2.05, 4.69) is 21.2 Å². The molecule has 1 atom stereocenters. The number of nitrogens with zero attached hydrogens (tertiary/aromatic N) is 1. The average molecular weight is 517 g/mol. The first kappa shape index (κ1) is 27.0. The van der Waals surface area contributed by atoms with E-state index in [1.807, 2.05) is 19.9 Å². The molecule has 2 aromatic rings. The van der Waals surface area contributed by atoms with Crippen molar-refractivity contribution in [3.63, 3.8) is 0 Å². The van der Waals surface area contributed by atoms with Crippen molar-refractivity contribution >= 4 is 41.2 Å². The van der Waals surface area contributed by atoms with Gasteiger partial charge in [0, 0.05) is 23.9 Å². The molecule has 1 aliphatic heterocycles. The highest BCUT2D eigenvalue weighted by Gasteiger charge is 2.19. The third-order valence-corrected chi connectivity index (χ3v) is 5.44. The Morgan fingerprint density at radius 1 is 1.14 bits per heavy atom. The van der Waals surface area contributed by atoms with Crippen molar-refractivity contribution in [2.24, 2.45) is 5.10 Å². The molecule has 0 radical (unpaired) electrons. The van der Waals surface area contributed by atoms with Crippen molar-refractivity contribution in [2.75, 3.05) is 31.7 Å². The number of nitrogens with one attached hydrogen (secondary N) is 3. The van der Waals surface area contributed by atoms with E-state index < -0.39 is 11.8 Å². The summed E-state index contributed by atoms with van der Waals surface area (Å²) in [7, 11) is 0. The van der Waals surface area contributed by atoms with Gasteiger partial charge in [-0.3, -0.25) is 14.4 Å². The van der Waals surface area contributed by atoms with Crippen LogP contribution in [0.2, 0.25) is 5.02 Å². The first-order valence-corrected chi connectivity index (χ1v) is 11.9. The molecule has 2 aromatic carbocycles. The van der Waals surface area contributed by atoms with Crippen LogP contribution in [0.4, 0.5) is 5.69 Å². The number of rotatable bonds is 10. The lowest BCUT2D eigenvalue weighted by Gasteiger charge is -2.13. The van der Waals surface area contributed by atoms with Gasteiger partial charge in [-0.15, -0.1) is 0 Å². The van der Waals surface area contributed by atoms with E-state index in [0.29, 0.717) is 41.0 Å². The number of carbonyl (C=O) groups is 3. The van der Waals surface area contributed by atoms with Crippen molar-refractivity contribution in [2.45, 2.75) is 32.8 Å². The summed E-state index contributed by atoms with van der Waals surface area (Å²) in [5, 5.41) is 9.63. The van der Waals surface area contributed by atoms with Crippen LogP contribution in [0.25, 0.3) is 0 Å². The molecule has 1 heterocycles. The topological polar surface area (TPSA) is 127 Å². The van der Waals surface area contributed by atoms with Gasteiger partial charge in [0.2, 0.25) is 0 Å². The minimum absolute atomic E-state index is 0.0602. The predicted octanol–water partition coefficient (Wildman–Crippen LogP) is 2.81. The van der Waals surface area contributed by atoms with Gasteiger partial charge < -0.3 is 24.8 Å². The van der Waals surface area contributed by atoms with Gasteiger partial charge in [-0.05, 0) is 68.1 Å². The lowest BCUT2D eigenvalue weighted by atomic mass is 10.2. The molecule has 0 bridgehead atoms. The second-order valence-corrected chi connectivity index (χ2v) is 8.42. The number of benzene rings is 2. The van der Waals surface area contributed by atoms with Crippen LogP contribution in [-0.4, -0.2) is 56.4 Å². The number of halogens is 1. The normalized spacial score (nSPS) is 14.9. The highest BCUT2D eigenvalue weighted by Crippen LogP contribution is 2.28. The van der Waals surface area contributed by atoms with Gasteiger partial charge in [0.25, 0.3) is 5.91 Å². The molecule has 11 heteroatoms. The van der Waals surface area contributed by atoms with Gasteiger partial charge in [0.1, 0.15) is 0 Å². The van der Waals surface area contributed by atoms with Gasteiger partial charge >= 0.3 is 11.8 Å². The Balaban J connectivity index is 1.52. The molecule has 1 aliphatic rings. The predicted molar refractivity (Wildman–Crippen MR) is 136 cm³/mol. The maximum Gasteiger partial charge on any atom is 0.329 e. The highest BCUT2D eigenvalue weighted by atomic mass is 35.5. The van der Waals surface area contributed by atoms with Gasteiger partial charge in [0.05, 0.1) is 18.9 Å². The third-order valence-electron chi connectivity index (χ3n) is 5.20. The Kier molecular flexibility index (Phi) is 10.1. The summed E-state index contributed by atoms with van der Waals surface area (Å²) in [6.45, 7) is 4.75. The van der Waals surface area contributed by atoms with E-state index >= 15 is 0 Å². The van der Waals surface area contributed by atoms with E-state index in [1.165, 1.54) is 6.21 Å². The Hall–Kier alpha value is -3.63. The molecule has 0 saturated carbocycles. The molecule has 192 valence electrons. The lowest BCUT2D eigenvalue weighted by Crippen LogP contribution is -2.41. The summed E-state index contributed by atoms with van der Waals surface area (Å²) in [5.74, 6) is -1.25. The van der Waals surface area contributed by atoms with Gasteiger partial charge in [0.15, 0.2) is 18.1 Å². The van der Waals surface area contributed by atoms with Gasteiger partial charge in [-0.1, -0.05) is 17.7 Å². The zero-order valence-corrected chi connectivity index (χ0v) is 20.9. The van der Waals surface area contributed by atoms with E-state index in [4.69, 9.17) is 25.8 Å². The largest absolute Gasteiger partial charge is 0.490 e. The van der Waals surface area contributed by atoms with Crippen LogP contribution in [0.5, 0.6) is 11.5 Å². The summed E-state index contributed by atoms with van der Waals surface area (Å²) < 4.78 is 16.7. The molecule has 3 amide bonds. The fraction of sp³-hybridized carbons (Fsp3) is 0.360. The Labute approximate surface area is 214 Å². The zero-order valence-electron chi connectivity index (χ0n) is 20.1. The van der Waals surface area contributed by atoms with Crippen LogP contribution < -0.4 is 25.5 Å². The number of hydrogen-bond donors (Lipinski definition) is 3. The Morgan fingerprint density at radius 3 is 2.72 bits per heavy atom. The molecule has 1 saturated heterocycles. The van der Waals surface area contributed by atoms with E-state index in [1.54, 1.807) is 30.3 Å². The van der Waals surface area contributed by atoms with Crippen molar-refractivity contribution in [1.29, 1.82) is 0 Å². The standard InChI is InChI=1S/C25H29ClN4O6/c1-3-34-22-11-17(13-28-30-25(33)24(32)27-14-19-5-4-10-35-19)7-9-21(22)36-15-23(31)29-20-12-18(26)8-6-16(20)2/h6-9,11-13,19H,3-5,10,14-15H2,1-2H3,(H,27,32)(H,29,31)(H,30,33)/b28-13-/t19-/m1/s1. The molecule has 0 aliphatic carbocycles. The molecule has 3 N–H and O–H groups in total. The molecule has 1 fully saturated rings. The summed E-state index contributed by atoms with van der Waals surface area (Å²) in [4.78, 5) is 36.1. The van der Waals surface area contributed by atoms with Crippen LogP contribution in [0.1, 0.15) is 30.9 Å². The summed E-state index contributed by atoms with van der Waals surface area (Å²) in [6.07, 6.45) is 3.11. The van der Waals surface area contributed by atoms with Crippen molar-refractivity contribution in [3.8, 4) is 11.5 Å². The number of carbonyl (C=O) groups excluding carboxylic acids is 3. The molecule has 3 rings (SSSR count). The molecule has 0 spiro atoms. The number of hydrazone groups is 1. The number of anilines is 1. The van der Waals surface area contributed by atoms with Crippen LogP contribution in [0.3, 0.4) is 0 Å². The molecular weight excluding hydrogens is 488 g/mol. The third kappa shape index (κ3) is 8.24. The Bertz CT molecular complexity index is 1120. The first-order valence-electron chi connectivity index (χ1n) is 11.5. The van der Waals surface area contributed by atoms with Crippen LogP contribution in [0, 0.1) is 6.92 Å². The minimum Gasteiger partial charge on any atom is -0.490 e. The fourth-order valence-electron chi connectivity index (χ4n) is 3.36. The van der Waals surface area contributed by atoms with Gasteiger partial charge in [-0.25, -0.2) is 5.43 Å². The smallest absolute Gasteiger partial charge is 0.329 e. The van der Waals surface area contributed by atoms with Crippen LogP contribution in [0.15, 0.2) is 41.5 Å². The molecule has 0 unspecified atom stereocenters. The maximum atomic E-state index is 12.3. The van der Waals surface area contributed by atoms with Crippen molar-refractivity contribution in [3.05, 3.63) is 52.5 Å². The Morgan fingerprint density at radius 2 is 1.97 bits per heavy atom. The first-order chi connectivity index (χ1) is 17.4. The van der Waals surface area contributed by atoms with E-state index in [-0.39, 0.29) is 25.2 Å². The lowest BCUT2D eigenvalue weighted by molar-refractivity contribution is -0.139. The second-order valence-electron chi connectivity index (χ2n) is 7.98. The quantitative estimate of drug-likeness (QED) is 0.253. The second kappa shape index (κ2) is 13.5. The van der Waals surface area contributed by atoms with Crippen LogP contribution >= 0.6 is 11.6 Å². The monoisotopic (exact) mass is 516 g/mol. The number of ether oxygens (including phenoxy) is 3. The maximum absolute atomic E-state index is 12.3. The van der Waals surface area contributed by atoms with Crippen molar-refractivity contribution < 1.29 is 28.6 Å². The SMILES string of the molecule is CCOc1cc(/C=N\NC(=O)C(=O)NC[C@H]2CCCO2)ccc1OCC(=O)Nc1cc(Cl)ccc1C. The van der Waals surface area contributed by atoms with Crippen molar-refractivity contribution in [1.82, 2.24) is 10.7 Å². The minimum atomic E-state index is -0.879. The van der Waals surface area contributed by atoms with Gasteiger partial charge in [-0.2, -0.15) is 5.10 Å². The zero-order chi connectivity index (χ0) is 25.9. The highest BCUT2D eigenvalue weighted by molar-refractivity contribution is 6.35. The average Bonchev–Trinajstić information content (AvgIpc) is 3.38. The van der Waals surface area contributed by atoms with E-state index in [0.717, 1.165) is 18.4 Å². The molecule has 36 heavy (non-hydrogen) atoms. The molecule has 0 aromatic heterocycles. The fourth-order valence-corrected chi connectivity index (χ4v) is 3.53. The number of amides is 3. The van der Waals surface area contributed by atoms with Crippen LogP contribution in [-0.2, 0) is 19.1 Å². The number of aryl methyl sites for hydroxylation is 1. The number of hydrogen-bond acceptors (Lipinski definition) is 7. The summed E-state index contributed by atoms with van der Waals surface area (Å²) >= 11 is 5.99. The molecular formula is C25H29ClN4O6. The summed E-state index contributed by atoms with van der Waals surface area (Å²) in [5.41, 5.74) is 4.26.